The van der Waals surface area contributed by atoms with Crippen molar-refractivity contribution in [3.05, 3.63) is 36.2 Å². The van der Waals surface area contributed by atoms with Gasteiger partial charge in [0.15, 0.2) is 0 Å². The van der Waals surface area contributed by atoms with Gasteiger partial charge in [-0.05, 0) is 41.5 Å². The van der Waals surface area contributed by atoms with Crippen LogP contribution in [0.4, 0.5) is 0 Å². The third kappa shape index (κ3) is 4.27. The molecule has 0 spiro atoms. The molecule has 27 heavy (non-hydrogen) atoms. The lowest BCUT2D eigenvalue weighted by Crippen LogP contribution is -2.46. The third-order valence-electron chi connectivity index (χ3n) is 4.55. The second kappa shape index (κ2) is 7.94. The van der Waals surface area contributed by atoms with Crippen LogP contribution in [0.25, 0.3) is 5.69 Å². The third-order valence-corrected chi connectivity index (χ3v) is 4.55. The minimum Gasteiger partial charge on any atom is -0.481 e. The molecular weight excluding hydrogens is 352 g/mol. The number of aliphatic carboxylic acids is 1. The lowest BCUT2D eigenvalue weighted by Gasteiger charge is -2.32. The van der Waals surface area contributed by atoms with Gasteiger partial charge in [0, 0.05) is 25.7 Å². The van der Waals surface area contributed by atoms with Gasteiger partial charge >= 0.3 is 5.97 Å². The number of piperidine rings is 1. The Morgan fingerprint density at radius 3 is 2.85 bits per heavy atom. The number of likely N-dealkylation sites (tertiary alicyclic amines) is 1. The highest BCUT2D eigenvalue weighted by Crippen LogP contribution is 2.17. The maximum absolute atomic E-state index is 12.7. The molecule has 1 aliphatic rings. The van der Waals surface area contributed by atoms with Gasteiger partial charge in [0.1, 0.15) is 6.33 Å². The van der Waals surface area contributed by atoms with E-state index in [9.17, 15) is 14.4 Å². The maximum Gasteiger partial charge on any atom is 0.308 e. The fraction of sp³-hybridized carbons (Fsp3) is 0.412. The largest absolute Gasteiger partial charge is 0.481 e. The van der Waals surface area contributed by atoms with Gasteiger partial charge in [-0.15, -0.1) is 5.10 Å². The van der Waals surface area contributed by atoms with Gasteiger partial charge in [0.25, 0.3) is 5.91 Å². The minimum atomic E-state index is -0.892. The first kappa shape index (κ1) is 18.5. The Labute approximate surface area is 155 Å². The summed E-state index contributed by atoms with van der Waals surface area (Å²) in [6.07, 6.45) is 2.64. The zero-order chi connectivity index (χ0) is 19.4. The maximum atomic E-state index is 12.7. The summed E-state index contributed by atoms with van der Waals surface area (Å²) in [5, 5.41) is 20.1. The van der Waals surface area contributed by atoms with Crippen LogP contribution in [0.15, 0.2) is 30.6 Å². The predicted molar refractivity (Wildman–Crippen MR) is 93.1 cm³/mol. The number of benzene rings is 1. The van der Waals surface area contributed by atoms with Crippen molar-refractivity contribution in [2.24, 2.45) is 5.92 Å². The zero-order valence-electron chi connectivity index (χ0n) is 14.9. The minimum absolute atomic E-state index is 0.111. The zero-order valence-corrected chi connectivity index (χ0v) is 14.9. The number of likely N-dealkylation sites (N-methyl/N-ethyl adjacent to an activating group) is 1. The average molecular weight is 372 g/mol. The Kier molecular flexibility index (Phi) is 5.43. The molecule has 0 saturated carbocycles. The molecule has 1 aromatic carbocycles. The Balaban J connectivity index is 1.64. The van der Waals surface area contributed by atoms with E-state index in [2.05, 4.69) is 15.5 Å². The normalized spacial score (nSPS) is 16.8. The van der Waals surface area contributed by atoms with Crippen molar-refractivity contribution < 1.29 is 19.5 Å². The number of aromatic nitrogens is 4. The fourth-order valence-corrected chi connectivity index (χ4v) is 3.06. The number of rotatable bonds is 5. The summed E-state index contributed by atoms with van der Waals surface area (Å²) in [6, 6.07) is 6.76. The molecule has 1 aliphatic heterocycles. The first-order valence-electron chi connectivity index (χ1n) is 8.55. The molecule has 1 atom stereocenters. The van der Waals surface area contributed by atoms with Crippen LogP contribution in [0.3, 0.4) is 0 Å². The molecule has 2 amide bonds. The highest BCUT2D eigenvalue weighted by molar-refractivity contribution is 5.96. The molecule has 1 N–H and O–H groups in total. The number of nitrogens with zero attached hydrogens (tertiary/aromatic N) is 6. The van der Waals surface area contributed by atoms with Crippen LogP contribution in [-0.2, 0) is 9.59 Å². The van der Waals surface area contributed by atoms with Crippen LogP contribution >= 0.6 is 0 Å². The number of carboxylic acids is 1. The summed E-state index contributed by atoms with van der Waals surface area (Å²) in [5.74, 6) is -2.01. The molecule has 142 valence electrons. The van der Waals surface area contributed by atoms with E-state index in [1.165, 1.54) is 20.8 Å². The molecule has 3 rings (SSSR count). The van der Waals surface area contributed by atoms with Crippen molar-refractivity contribution in [2.75, 3.05) is 26.7 Å². The van der Waals surface area contributed by atoms with Gasteiger partial charge in [-0.2, -0.15) is 0 Å². The van der Waals surface area contributed by atoms with E-state index in [0.29, 0.717) is 30.6 Å². The number of carbonyl (C=O) groups excluding carboxylic acids is 2. The summed E-state index contributed by atoms with van der Waals surface area (Å²) in [4.78, 5) is 39.1. The van der Waals surface area contributed by atoms with Gasteiger partial charge in [-0.25, -0.2) is 4.68 Å². The SMILES string of the molecule is CN(CC(=O)N1CCCC(C(=O)O)C1)C(=O)c1cccc(-n2cnnn2)c1. The van der Waals surface area contributed by atoms with Crippen LogP contribution in [0.2, 0.25) is 0 Å². The van der Waals surface area contributed by atoms with Crippen molar-refractivity contribution in [3.63, 3.8) is 0 Å². The number of tetrazole rings is 1. The summed E-state index contributed by atoms with van der Waals surface area (Å²) in [5.41, 5.74) is 1.03. The summed E-state index contributed by atoms with van der Waals surface area (Å²) in [6.45, 7) is 0.588. The van der Waals surface area contributed by atoms with E-state index in [1.54, 1.807) is 31.3 Å². The molecule has 0 radical (unpaired) electrons. The lowest BCUT2D eigenvalue weighted by atomic mass is 9.98. The second-order valence-corrected chi connectivity index (χ2v) is 6.48. The van der Waals surface area contributed by atoms with E-state index in [-0.39, 0.29) is 24.9 Å². The lowest BCUT2D eigenvalue weighted by molar-refractivity contribution is -0.145. The van der Waals surface area contributed by atoms with Crippen LogP contribution in [0, 0.1) is 5.92 Å². The van der Waals surface area contributed by atoms with E-state index in [1.807, 2.05) is 0 Å². The Hall–Kier alpha value is -3.30. The number of amides is 2. The molecule has 2 aromatic rings. The van der Waals surface area contributed by atoms with E-state index < -0.39 is 11.9 Å². The number of carboxylic acid groups (broad SMARTS) is 1. The highest BCUT2D eigenvalue weighted by Gasteiger charge is 2.29. The number of hydrogen-bond acceptors (Lipinski definition) is 6. The molecule has 1 saturated heterocycles. The standard InChI is InChI=1S/C17H20N6O4/c1-21(10-15(24)22-7-3-5-13(9-22)17(26)27)16(25)12-4-2-6-14(8-12)23-11-18-19-20-23/h2,4,6,8,11,13H,3,5,7,9-10H2,1H3,(H,26,27). The van der Waals surface area contributed by atoms with Gasteiger partial charge in [-0.1, -0.05) is 6.07 Å². The molecule has 2 heterocycles. The smallest absolute Gasteiger partial charge is 0.308 e. The fourth-order valence-electron chi connectivity index (χ4n) is 3.06. The topological polar surface area (TPSA) is 122 Å². The van der Waals surface area contributed by atoms with Crippen molar-refractivity contribution in [3.8, 4) is 5.69 Å². The number of hydrogen-bond donors (Lipinski definition) is 1. The molecule has 0 aliphatic carbocycles. The monoisotopic (exact) mass is 372 g/mol. The van der Waals surface area contributed by atoms with Crippen molar-refractivity contribution in [1.29, 1.82) is 0 Å². The molecule has 1 aromatic heterocycles. The molecule has 0 bridgehead atoms. The highest BCUT2D eigenvalue weighted by atomic mass is 16.4. The molecule has 1 fully saturated rings. The van der Waals surface area contributed by atoms with Gasteiger partial charge in [0.05, 0.1) is 18.2 Å². The quantitative estimate of drug-likeness (QED) is 0.787. The molecular formula is C17H20N6O4. The van der Waals surface area contributed by atoms with E-state index in [0.717, 1.165) is 0 Å². The molecule has 10 nitrogen and oxygen atoms in total. The number of carbonyl (C=O) groups is 3. The Morgan fingerprint density at radius 1 is 1.33 bits per heavy atom. The van der Waals surface area contributed by atoms with Crippen LogP contribution in [0.5, 0.6) is 0 Å². The average Bonchev–Trinajstić information content (AvgIpc) is 3.22. The van der Waals surface area contributed by atoms with Crippen LogP contribution < -0.4 is 0 Å². The summed E-state index contributed by atoms with van der Waals surface area (Å²) < 4.78 is 1.43. The first-order chi connectivity index (χ1) is 13.0. The van der Waals surface area contributed by atoms with Gasteiger partial charge < -0.3 is 14.9 Å². The predicted octanol–water partition coefficient (Wildman–Crippen LogP) is 0.0575. The van der Waals surface area contributed by atoms with Crippen molar-refractivity contribution in [2.45, 2.75) is 12.8 Å². The van der Waals surface area contributed by atoms with Gasteiger partial charge in [0.2, 0.25) is 5.91 Å². The van der Waals surface area contributed by atoms with Gasteiger partial charge in [-0.3, -0.25) is 14.4 Å². The molecule has 1 unspecified atom stereocenters. The van der Waals surface area contributed by atoms with E-state index in [4.69, 9.17) is 5.11 Å². The summed E-state index contributed by atoms with van der Waals surface area (Å²) in [7, 11) is 1.54. The Morgan fingerprint density at radius 2 is 2.15 bits per heavy atom. The van der Waals surface area contributed by atoms with Crippen LogP contribution in [-0.4, -0.2) is 79.6 Å². The summed E-state index contributed by atoms with van der Waals surface area (Å²) >= 11 is 0. The Bertz CT molecular complexity index is 838. The molecule has 10 heteroatoms. The first-order valence-corrected chi connectivity index (χ1v) is 8.55. The second-order valence-electron chi connectivity index (χ2n) is 6.48. The van der Waals surface area contributed by atoms with Crippen LogP contribution in [0.1, 0.15) is 23.2 Å². The van der Waals surface area contributed by atoms with E-state index >= 15 is 0 Å². The van der Waals surface area contributed by atoms with Crippen molar-refractivity contribution >= 4 is 17.8 Å². The van der Waals surface area contributed by atoms with Crippen molar-refractivity contribution in [1.82, 2.24) is 30.0 Å².